The number of ether oxygens (including phenoxy) is 1. The minimum atomic E-state index is -1.33. The molecule has 0 saturated carbocycles. The second kappa shape index (κ2) is 9.09. The standard InChI is InChI=1S/C31H25ClO3/c1-31(30(33)34,22-17-18-28(35-2)27(32)19-22)29(25-15-7-11-20-9-3-5-13-23(20)25)26-16-8-12-21-10-4-6-14-24(21)26/h3-19,29H,1-2H3,(H,33,34)/t31-/m0/s1. The number of hydrogen-bond donors (Lipinski definition) is 1. The molecule has 0 heterocycles. The Balaban J connectivity index is 1.89. The van der Waals surface area contributed by atoms with Crippen LogP contribution in [-0.2, 0) is 10.2 Å². The molecule has 0 radical (unpaired) electrons. The maximum Gasteiger partial charge on any atom is 0.314 e. The fourth-order valence-electron chi connectivity index (χ4n) is 5.20. The summed E-state index contributed by atoms with van der Waals surface area (Å²) in [7, 11) is 1.55. The molecule has 0 saturated heterocycles. The molecule has 5 rings (SSSR count). The molecule has 5 aromatic carbocycles. The van der Waals surface area contributed by atoms with Gasteiger partial charge in [0.05, 0.1) is 12.1 Å². The molecule has 1 atom stereocenters. The number of benzene rings is 5. The molecule has 0 aliphatic rings. The summed E-state index contributed by atoms with van der Waals surface area (Å²) in [5, 5.41) is 15.4. The fraction of sp³-hybridized carbons (Fsp3) is 0.129. The first-order chi connectivity index (χ1) is 16.9. The number of rotatable bonds is 6. The molecule has 0 aliphatic carbocycles. The molecule has 0 bridgehead atoms. The molecule has 174 valence electrons. The average Bonchev–Trinajstić information content (AvgIpc) is 2.88. The lowest BCUT2D eigenvalue weighted by molar-refractivity contribution is -0.143. The molecule has 0 unspecified atom stereocenters. The molecule has 1 N–H and O–H groups in total. The quantitative estimate of drug-likeness (QED) is 0.269. The molecule has 0 fully saturated rings. The van der Waals surface area contributed by atoms with Crippen molar-refractivity contribution in [3.05, 3.63) is 125 Å². The lowest BCUT2D eigenvalue weighted by Crippen LogP contribution is -2.39. The number of carboxylic acids is 1. The zero-order valence-corrected chi connectivity index (χ0v) is 20.3. The summed E-state index contributed by atoms with van der Waals surface area (Å²) in [6, 6.07) is 33.7. The number of methoxy groups -OCH3 is 1. The van der Waals surface area contributed by atoms with E-state index < -0.39 is 17.3 Å². The van der Waals surface area contributed by atoms with E-state index in [0.29, 0.717) is 16.3 Å². The number of carbonyl (C=O) groups is 1. The van der Waals surface area contributed by atoms with Gasteiger partial charge in [0.15, 0.2) is 0 Å². The highest BCUT2D eigenvalue weighted by molar-refractivity contribution is 6.32. The van der Waals surface area contributed by atoms with Crippen molar-refractivity contribution in [2.45, 2.75) is 18.3 Å². The van der Waals surface area contributed by atoms with Crippen LogP contribution in [0.5, 0.6) is 5.75 Å². The molecule has 0 spiro atoms. The third-order valence-corrected chi connectivity index (χ3v) is 7.34. The Morgan fingerprint density at radius 1 is 0.800 bits per heavy atom. The highest BCUT2D eigenvalue weighted by atomic mass is 35.5. The molecule has 0 amide bonds. The molecular formula is C31H25ClO3. The van der Waals surface area contributed by atoms with Gasteiger partial charge in [-0.25, -0.2) is 0 Å². The van der Waals surface area contributed by atoms with Crippen LogP contribution in [0.25, 0.3) is 21.5 Å². The maximum absolute atomic E-state index is 13.3. The first-order valence-electron chi connectivity index (χ1n) is 11.5. The SMILES string of the molecule is COc1ccc([C@](C)(C(=O)O)C(c2cccc3ccccc23)c2cccc3ccccc23)cc1Cl. The Labute approximate surface area is 209 Å². The minimum absolute atomic E-state index is 0.382. The smallest absolute Gasteiger partial charge is 0.314 e. The van der Waals surface area contributed by atoms with Gasteiger partial charge in [0.2, 0.25) is 0 Å². The zero-order chi connectivity index (χ0) is 24.6. The summed E-state index contributed by atoms with van der Waals surface area (Å²) in [6.45, 7) is 1.79. The third-order valence-electron chi connectivity index (χ3n) is 7.04. The van der Waals surface area contributed by atoms with Crippen molar-refractivity contribution in [3.63, 3.8) is 0 Å². The lowest BCUT2D eigenvalue weighted by Gasteiger charge is -2.37. The van der Waals surface area contributed by atoms with Gasteiger partial charge in [-0.2, -0.15) is 0 Å². The van der Waals surface area contributed by atoms with E-state index in [2.05, 4.69) is 36.4 Å². The molecule has 0 aromatic heterocycles. The molecule has 4 heteroatoms. The Hall–Kier alpha value is -3.82. The predicted molar refractivity (Wildman–Crippen MR) is 143 cm³/mol. The van der Waals surface area contributed by atoms with Crippen molar-refractivity contribution >= 4 is 39.1 Å². The highest BCUT2D eigenvalue weighted by Gasteiger charge is 2.46. The molecule has 0 aliphatic heterocycles. The van der Waals surface area contributed by atoms with Crippen molar-refractivity contribution < 1.29 is 14.6 Å². The van der Waals surface area contributed by atoms with Gasteiger partial charge in [-0.3, -0.25) is 4.79 Å². The van der Waals surface area contributed by atoms with Gasteiger partial charge in [0.1, 0.15) is 11.2 Å². The van der Waals surface area contributed by atoms with Crippen LogP contribution in [0.2, 0.25) is 5.02 Å². The average molecular weight is 481 g/mol. The van der Waals surface area contributed by atoms with Gasteiger partial charge in [-0.15, -0.1) is 0 Å². The van der Waals surface area contributed by atoms with Crippen molar-refractivity contribution in [1.29, 1.82) is 0 Å². The van der Waals surface area contributed by atoms with Crippen molar-refractivity contribution in [3.8, 4) is 5.75 Å². The molecule has 3 nitrogen and oxygen atoms in total. The molecule has 35 heavy (non-hydrogen) atoms. The van der Waals surface area contributed by atoms with Crippen LogP contribution in [0.1, 0.15) is 29.5 Å². The second-order valence-corrected chi connectivity index (χ2v) is 9.33. The van der Waals surface area contributed by atoms with Crippen LogP contribution < -0.4 is 4.74 Å². The van der Waals surface area contributed by atoms with Gasteiger partial charge in [-0.05, 0) is 57.3 Å². The van der Waals surface area contributed by atoms with E-state index in [1.54, 1.807) is 26.2 Å². The van der Waals surface area contributed by atoms with Gasteiger partial charge in [-0.1, -0.05) is 103 Å². The van der Waals surface area contributed by atoms with E-state index in [0.717, 1.165) is 32.7 Å². The van der Waals surface area contributed by atoms with E-state index in [-0.39, 0.29) is 0 Å². The van der Waals surface area contributed by atoms with Crippen LogP contribution >= 0.6 is 11.6 Å². The fourth-order valence-corrected chi connectivity index (χ4v) is 5.45. The third kappa shape index (κ3) is 3.82. The zero-order valence-electron chi connectivity index (χ0n) is 19.5. The summed E-state index contributed by atoms with van der Waals surface area (Å²) in [6.07, 6.45) is 0. The van der Waals surface area contributed by atoms with Crippen molar-refractivity contribution in [2.75, 3.05) is 7.11 Å². The monoisotopic (exact) mass is 480 g/mol. The number of hydrogen-bond acceptors (Lipinski definition) is 2. The van der Waals surface area contributed by atoms with Crippen LogP contribution in [0.4, 0.5) is 0 Å². The topological polar surface area (TPSA) is 46.5 Å². The number of halogens is 1. The Morgan fingerprint density at radius 3 is 1.80 bits per heavy atom. The lowest BCUT2D eigenvalue weighted by atomic mass is 9.64. The summed E-state index contributed by atoms with van der Waals surface area (Å²) in [5.74, 6) is -0.915. The van der Waals surface area contributed by atoms with Crippen LogP contribution in [0.3, 0.4) is 0 Å². The van der Waals surface area contributed by atoms with E-state index in [4.69, 9.17) is 16.3 Å². The van der Waals surface area contributed by atoms with E-state index >= 15 is 0 Å². The van der Waals surface area contributed by atoms with Gasteiger partial charge in [0, 0.05) is 5.92 Å². The normalized spacial score (nSPS) is 13.1. The Kier molecular flexibility index (Phi) is 5.96. The van der Waals surface area contributed by atoms with Gasteiger partial charge < -0.3 is 9.84 Å². The van der Waals surface area contributed by atoms with Crippen LogP contribution in [-0.4, -0.2) is 18.2 Å². The second-order valence-electron chi connectivity index (χ2n) is 8.93. The molecular weight excluding hydrogens is 456 g/mol. The number of aliphatic carboxylic acids is 1. The summed E-state index contributed by atoms with van der Waals surface area (Å²) in [5.41, 5.74) is 1.19. The summed E-state index contributed by atoms with van der Waals surface area (Å²) >= 11 is 6.51. The van der Waals surface area contributed by atoms with Crippen molar-refractivity contribution in [1.82, 2.24) is 0 Å². The number of carboxylic acid groups (broad SMARTS) is 1. The van der Waals surface area contributed by atoms with E-state index in [1.165, 1.54) is 0 Å². The van der Waals surface area contributed by atoms with Crippen LogP contribution in [0, 0.1) is 0 Å². The first kappa shape index (κ1) is 22.9. The first-order valence-corrected chi connectivity index (χ1v) is 11.9. The Bertz CT molecular complexity index is 1470. The minimum Gasteiger partial charge on any atom is -0.495 e. The number of fused-ring (bicyclic) bond motifs is 2. The van der Waals surface area contributed by atoms with E-state index in [9.17, 15) is 9.90 Å². The van der Waals surface area contributed by atoms with Crippen LogP contribution in [0.15, 0.2) is 103 Å². The Morgan fingerprint density at radius 2 is 1.31 bits per heavy atom. The molecule has 5 aromatic rings. The largest absolute Gasteiger partial charge is 0.495 e. The van der Waals surface area contributed by atoms with Crippen molar-refractivity contribution in [2.24, 2.45) is 0 Å². The van der Waals surface area contributed by atoms with Gasteiger partial charge in [0.25, 0.3) is 0 Å². The maximum atomic E-state index is 13.3. The summed E-state index contributed by atoms with van der Waals surface area (Å²) < 4.78 is 5.34. The summed E-state index contributed by atoms with van der Waals surface area (Å²) in [4.78, 5) is 13.3. The van der Waals surface area contributed by atoms with E-state index in [1.807, 2.05) is 54.6 Å². The van der Waals surface area contributed by atoms with Gasteiger partial charge >= 0.3 is 5.97 Å². The predicted octanol–water partition coefficient (Wildman–Crippen LogP) is 7.83. The highest BCUT2D eigenvalue weighted by Crippen LogP contribution is 2.48.